The van der Waals surface area contributed by atoms with E-state index in [2.05, 4.69) is 5.32 Å². The van der Waals surface area contributed by atoms with E-state index >= 15 is 0 Å². The molecule has 0 fully saturated rings. The topological polar surface area (TPSA) is 58.6 Å². The van der Waals surface area contributed by atoms with Crippen LogP contribution in [0.3, 0.4) is 0 Å². The minimum atomic E-state index is -0.471. The highest BCUT2D eigenvalue weighted by Crippen LogP contribution is 2.17. The Morgan fingerprint density at radius 2 is 2.26 bits per heavy atom. The molecule has 0 bridgehead atoms. The van der Waals surface area contributed by atoms with Gasteiger partial charge in [-0.25, -0.2) is 4.39 Å². The van der Waals surface area contributed by atoms with Crippen molar-refractivity contribution >= 4 is 5.91 Å². The molecule has 4 nitrogen and oxygen atoms in total. The van der Waals surface area contributed by atoms with E-state index in [4.69, 9.17) is 9.84 Å². The Morgan fingerprint density at radius 1 is 1.53 bits per heavy atom. The Kier molecular flexibility index (Phi) is 6.29. The van der Waals surface area contributed by atoms with E-state index in [1.165, 1.54) is 19.2 Å². The zero-order valence-corrected chi connectivity index (χ0v) is 11.3. The van der Waals surface area contributed by atoms with Crippen molar-refractivity contribution in [3.8, 4) is 5.75 Å². The first kappa shape index (κ1) is 15.4. The molecule has 0 aliphatic heterocycles. The third-order valence-electron chi connectivity index (χ3n) is 2.78. The van der Waals surface area contributed by atoms with E-state index in [1.54, 1.807) is 6.07 Å². The maximum absolute atomic E-state index is 13.4. The summed E-state index contributed by atoms with van der Waals surface area (Å²) in [5.41, 5.74) is 0.602. The summed E-state index contributed by atoms with van der Waals surface area (Å²) in [5, 5.41) is 11.5. The molecule has 1 aromatic rings. The number of hydrogen-bond donors (Lipinski definition) is 2. The lowest BCUT2D eigenvalue weighted by Gasteiger charge is -2.13. The number of carbonyl (C=O) groups excluding carboxylic acids is 1. The Labute approximate surface area is 112 Å². The molecule has 0 aromatic heterocycles. The van der Waals surface area contributed by atoms with E-state index in [-0.39, 0.29) is 30.7 Å². The average molecular weight is 269 g/mol. The minimum Gasteiger partial charge on any atom is -0.494 e. The Bertz CT molecular complexity index is 423. The molecule has 1 unspecified atom stereocenters. The van der Waals surface area contributed by atoms with Crippen LogP contribution in [-0.4, -0.2) is 30.8 Å². The third-order valence-corrected chi connectivity index (χ3v) is 2.78. The van der Waals surface area contributed by atoms with Gasteiger partial charge in [0.1, 0.15) is 0 Å². The van der Waals surface area contributed by atoms with Crippen molar-refractivity contribution in [2.75, 3.05) is 13.7 Å². The average Bonchev–Trinajstić information content (AvgIpc) is 2.36. The van der Waals surface area contributed by atoms with Gasteiger partial charge in [-0.05, 0) is 37.5 Å². The molecule has 2 N–H and O–H groups in total. The third kappa shape index (κ3) is 5.26. The molecule has 0 spiro atoms. The molecule has 0 heterocycles. The molecule has 1 rings (SSSR count). The fraction of sp³-hybridized carbons (Fsp3) is 0.500. The number of nitrogens with one attached hydrogen (secondary N) is 1. The second-order valence-corrected chi connectivity index (χ2v) is 4.48. The summed E-state index contributed by atoms with van der Waals surface area (Å²) < 4.78 is 18.3. The normalized spacial score (nSPS) is 12.0. The number of hydrogen-bond acceptors (Lipinski definition) is 3. The molecule has 1 aromatic carbocycles. The molecular formula is C14H20FNO3. The highest BCUT2D eigenvalue weighted by molar-refractivity contribution is 5.78. The highest BCUT2D eigenvalue weighted by Gasteiger charge is 2.10. The maximum Gasteiger partial charge on any atom is 0.224 e. The van der Waals surface area contributed by atoms with Crippen molar-refractivity contribution in [2.45, 2.75) is 32.2 Å². The molecule has 0 saturated heterocycles. The number of halogens is 1. The number of methoxy groups -OCH3 is 1. The predicted molar refractivity (Wildman–Crippen MR) is 70.6 cm³/mol. The van der Waals surface area contributed by atoms with Gasteiger partial charge in [-0.1, -0.05) is 6.07 Å². The zero-order valence-electron chi connectivity index (χ0n) is 11.3. The number of benzene rings is 1. The Hall–Kier alpha value is -1.62. The van der Waals surface area contributed by atoms with Crippen molar-refractivity contribution in [1.29, 1.82) is 0 Å². The number of rotatable bonds is 7. The van der Waals surface area contributed by atoms with Gasteiger partial charge in [0.05, 0.1) is 13.5 Å². The number of carbonyl (C=O) groups is 1. The molecular weight excluding hydrogens is 249 g/mol. The number of aliphatic hydroxyl groups is 1. The molecule has 1 amide bonds. The molecule has 106 valence electrons. The van der Waals surface area contributed by atoms with E-state index in [1.807, 2.05) is 6.92 Å². The van der Waals surface area contributed by atoms with Gasteiger partial charge in [-0.2, -0.15) is 0 Å². The molecule has 1 atom stereocenters. The highest BCUT2D eigenvalue weighted by atomic mass is 19.1. The van der Waals surface area contributed by atoms with Gasteiger partial charge >= 0.3 is 0 Å². The first-order valence-electron chi connectivity index (χ1n) is 6.29. The van der Waals surface area contributed by atoms with Gasteiger partial charge < -0.3 is 15.2 Å². The van der Waals surface area contributed by atoms with Gasteiger partial charge in [0, 0.05) is 12.6 Å². The molecule has 0 saturated carbocycles. The predicted octanol–water partition coefficient (Wildman–Crippen LogP) is 1.65. The van der Waals surface area contributed by atoms with Crippen molar-refractivity contribution in [1.82, 2.24) is 5.32 Å². The first-order valence-corrected chi connectivity index (χ1v) is 6.29. The number of ether oxygens (including phenoxy) is 1. The van der Waals surface area contributed by atoms with Gasteiger partial charge in [0.15, 0.2) is 11.6 Å². The maximum atomic E-state index is 13.4. The summed E-state index contributed by atoms with van der Waals surface area (Å²) in [7, 11) is 1.40. The van der Waals surface area contributed by atoms with Crippen molar-refractivity contribution in [2.24, 2.45) is 0 Å². The van der Waals surface area contributed by atoms with E-state index in [0.29, 0.717) is 12.0 Å². The molecule has 0 aliphatic carbocycles. The van der Waals surface area contributed by atoms with Gasteiger partial charge in [-0.15, -0.1) is 0 Å². The summed E-state index contributed by atoms with van der Waals surface area (Å²) in [6, 6.07) is 4.48. The number of aliphatic hydroxyl groups excluding tert-OH is 1. The SMILES string of the molecule is COc1ccc(CC(=O)NC(C)CCCO)cc1F. The van der Waals surface area contributed by atoms with Crippen LogP contribution in [0, 0.1) is 5.82 Å². The largest absolute Gasteiger partial charge is 0.494 e. The second kappa shape index (κ2) is 7.74. The van der Waals surface area contributed by atoms with Crippen LogP contribution in [0.1, 0.15) is 25.3 Å². The summed E-state index contributed by atoms with van der Waals surface area (Å²) >= 11 is 0. The Balaban J connectivity index is 2.50. The number of amides is 1. The first-order chi connectivity index (χ1) is 9.06. The van der Waals surface area contributed by atoms with E-state index in [0.717, 1.165) is 6.42 Å². The van der Waals surface area contributed by atoms with Crippen LogP contribution in [0.4, 0.5) is 4.39 Å². The van der Waals surface area contributed by atoms with Crippen LogP contribution in [-0.2, 0) is 11.2 Å². The lowest BCUT2D eigenvalue weighted by Crippen LogP contribution is -2.33. The smallest absolute Gasteiger partial charge is 0.224 e. The van der Waals surface area contributed by atoms with Crippen molar-refractivity contribution < 1.29 is 19.0 Å². The molecule has 19 heavy (non-hydrogen) atoms. The van der Waals surface area contributed by atoms with Crippen LogP contribution >= 0.6 is 0 Å². The summed E-state index contributed by atoms with van der Waals surface area (Å²) in [5.74, 6) is -0.461. The lowest BCUT2D eigenvalue weighted by molar-refractivity contribution is -0.121. The Morgan fingerprint density at radius 3 is 2.84 bits per heavy atom. The van der Waals surface area contributed by atoms with Gasteiger partial charge in [-0.3, -0.25) is 4.79 Å². The van der Waals surface area contributed by atoms with Crippen LogP contribution in [0.25, 0.3) is 0 Å². The van der Waals surface area contributed by atoms with E-state index < -0.39 is 5.82 Å². The van der Waals surface area contributed by atoms with Crippen LogP contribution in [0.2, 0.25) is 0 Å². The molecule has 0 radical (unpaired) electrons. The summed E-state index contributed by atoms with van der Waals surface area (Å²) in [4.78, 5) is 11.7. The van der Waals surface area contributed by atoms with Crippen molar-refractivity contribution in [3.05, 3.63) is 29.6 Å². The fourth-order valence-electron chi connectivity index (χ4n) is 1.80. The van der Waals surface area contributed by atoms with Gasteiger partial charge in [0.25, 0.3) is 0 Å². The lowest BCUT2D eigenvalue weighted by atomic mass is 10.1. The summed E-state index contributed by atoms with van der Waals surface area (Å²) in [6.07, 6.45) is 1.50. The van der Waals surface area contributed by atoms with Crippen LogP contribution in [0.15, 0.2) is 18.2 Å². The molecule has 0 aliphatic rings. The van der Waals surface area contributed by atoms with E-state index in [9.17, 15) is 9.18 Å². The monoisotopic (exact) mass is 269 g/mol. The van der Waals surface area contributed by atoms with Crippen LogP contribution in [0.5, 0.6) is 5.75 Å². The second-order valence-electron chi connectivity index (χ2n) is 4.48. The standard InChI is InChI=1S/C14H20FNO3/c1-10(4-3-7-17)16-14(18)9-11-5-6-13(19-2)12(15)8-11/h5-6,8,10,17H,3-4,7,9H2,1-2H3,(H,16,18). The van der Waals surface area contributed by atoms with Gasteiger partial charge in [0.2, 0.25) is 5.91 Å². The van der Waals surface area contributed by atoms with Crippen LogP contribution < -0.4 is 10.1 Å². The quantitative estimate of drug-likeness (QED) is 0.791. The zero-order chi connectivity index (χ0) is 14.3. The summed E-state index contributed by atoms with van der Waals surface area (Å²) in [6.45, 7) is 1.99. The fourth-order valence-corrected chi connectivity index (χ4v) is 1.80. The van der Waals surface area contributed by atoms with Crippen molar-refractivity contribution in [3.63, 3.8) is 0 Å². The minimum absolute atomic E-state index is 0.00254. The molecule has 5 heteroatoms.